The van der Waals surface area contributed by atoms with Crippen LogP contribution in [-0.4, -0.2) is 35.7 Å². The minimum absolute atomic E-state index is 0.120. The van der Waals surface area contributed by atoms with Crippen LogP contribution in [0.2, 0.25) is 0 Å². The smallest absolute Gasteiger partial charge is 0.318 e. The summed E-state index contributed by atoms with van der Waals surface area (Å²) in [5.41, 5.74) is 0.649. The van der Waals surface area contributed by atoms with Crippen molar-refractivity contribution in [2.24, 2.45) is 0 Å². The number of hydrogen-bond acceptors (Lipinski definition) is 2. The van der Waals surface area contributed by atoms with Crippen molar-refractivity contribution < 1.29 is 14.3 Å². The third-order valence-electron chi connectivity index (χ3n) is 2.44. The summed E-state index contributed by atoms with van der Waals surface area (Å²) in [4.78, 5) is 13.3. The molecule has 2 N–H and O–H groups in total. The molecule has 4 nitrogen and oxygen atoms in total. The van der Waals surface area contributed by atoms with Crippen LogP contribution >= 0.6 is 15.9 Å². The van der Waals surface area contributed by atoms with E-state index in [1.54, 1.807) is 12.1 Å². The van der Waals surface area contributed by atoms with E-state index in [1.807, 2.05) is 0 Å². The van der Waals surface area contributed by atoms with Gasteiger partial charge in [-0.25, -0.2) is 9.18 Å². The van der Waals surface area contributed by atoms with Crippen molar-refractivity contribution in [2.45, 2.75) is 6.54 Å². The normalized spacial score (nSPS) is 10.1. The molecule has 0 heterocycles. The van der Waals surface area contributed by atoms with Gasteiger partial charge in [0.2, 0.25) is 0 Å². The Balaban J connectivity index is 2.61. The minimum atomic E-state index is -0.356. The van der Waals surface area contributed by atoms with E-state index >= 15 is 0 Å². The number of nitrogens with one attached hydrogen (secondary N) is 1. The van der Waals surface area contributed by atoms with E-state index < -0.39 is 0 Å². The predicted molar refractivity (Wildman–Crippen MR) is 75.2 cm³/mol. The van der Waals surface area contributed by atoms with Gasteiger partial charge in [-0.15, -0.1) is 6.58 Å². The first-order valence-electron chi connectivity index (χ1n) is 5.77. The number of aliphatic hydroxyl groups is 1. The first-order valence-corrected chi connectivity index (χ1v) is 6.56. The molecule has 0 saturated heterocycles. The fourth-order valence-electron chi connectivity index (χ4n) is 1.51. The molecule has 2 amide bonds. The lowest BCUT2D eigenvalue weighted by atomic mass is 10.2. The zero-order valence-electron chi connectivity index (χ0n) is 10.4. The molecule has 1 rings (SSSR count). The van der Waals surface area contributed by atoms with Crippen LogP contribution in [0.1, 0.15) is 5.56 Å². The molecule has 0 aliphatic heterocycles. The summed E-state index contributed by atoms with van der Waals surface area (Å²) < 4.78 is 13.8. The summed E-state index contributed by atoms with van der Waals surface area (Å²) in [6.07, 6.45) is 1.58. The number of amides is 2. The summed E-state index contributed by atoms with van der Waals surface area (Å²) in [5.74, 6) is -0.356. The van der Waals surface area contributed by atoms with Gasteiger partial charge in [0, 0.05) is 24.1 Å². The molecular weight excluding hydrogens is 315 g/mol. The monoisotopic (exact) mass is 330 g/mol. The Labute approximate surface area is 120 Å². The van der Waals surface area contributed by atoms with E-state index in [1.165, 1.54) is 17.0 Å². The van der Waals surface area contributed by atoms with Crippen LogP contribution in [0, 0.1) is 5.82 Å². The maximum atomic E-state index is 13.1. The minimum Gasteiger partial charge on any atom is -0.395 e. The van der Waals surface area contributed by atoms with Crippen molar-refractivity contribution in [1.29, 1.82) is 0 Å². The van der Waals surface area contributed by atoms with E-state index in [0.29, 0.717) is 12.1 Å². The van der Waals surface area contributed by atoms with E-state index in [-0.39, 0.29) is 31.5 Å². The molecule has 0 saturated carbocycles. The lowest BCUT2D eigenvalue weighted by Crippen LogP contribution is -2.41. The Kier molecular flexibility index (Phi) is 6.52. The number of nitrogens with zero attached hydrogens (tertiary/aromatic N) is 1. The van der Waals surface area contributed by atoms with Gasteiger partial charge in [0.05, 0.1) is 6.61 Å². The molecule has 19 heavy (non-hydrogen) atoms. The highest BCUT2D eigenvalue weighted by Gasteiger charge is 2.11. The van der Waals surface area contributed by atoms with Crippen LogP contribution in [0.25, 0.3) is 0 Å². The highest BCUT2D eigenvalue weighted by molar-refractivity contribution is 9.10. The van der Waals surface area contributed by atoms with Gasteiger partial charge in [-0.1, -0.05) is 22.0 Å². The summed E-state index contributed by atoms with van der Waals surface area (Å²) in [6, 6.07) is 3.95. The van der Waals surface area contributed by atoms with Crippen molar-refractivity contribution in [3.8, 4) is 0 Å². The fraction of sp³-hybridized carbons (Fsp3) is 0.308. The van der Waals surface area contributed by atoms with Crippen molar-refractivity contribution in [3.05, 3.63) is 46.7 Å². The summed E-state index contributed by atoms with van der Waals surface area (Å²) >= 11 is 3.29. The van der Waals surface area contributed by atoms with E-state index in [9.17, 15) is 9.18 Å². The van der Waals surface area contributed by atoms with E-state index in [4.69, 9.17) is 5.11 Å². The average molecular weight is 331 g/mol. The van der Waals surface area contributed by atoms with Gasteiger partial charge < -0.3 is 15.3 Å². The van der Waals surface area contributed by atoms with Crippen LogP contribution in [0.15, 0.2) is 35.3 Å². The number of urea groups is 1. The topological polar surface area (TPSA) is 52.6 Å². The highest BCUT2D eigenvalue weighted by Crippen LogP contribution is 2.17. The van der Waals surface area contributed by atoms with Crippen LogP contribution in [0.3, 0.4) is 0 Å². The van der Waals surface area contributed by atoms with Gasteiger partial charge in [-0.3, -0.25) is 0 Å². The third kappa shape index (κ3) is 5.00. The van der Waals surface area contributed by atoms with Gasteiger partial charge in [-0.05, 0) is 23.8 Å². The van der Waals surface area contributed by atoms with Crippen LogP contribution < -0.4 is 5.32 Å². The standard InChI is InChI=1S/C13H16BrFN2O2/c1-2-5-17(6-7-18)13(19)16-9-10-8-11(15)3-4-12(10)14/h2-4,8,18H,1,5-7,9H2,(H,16,19). The maximum Gasteiger partial charge on any atom is 0.318 e. The Morgan fingerprint density at radius 2 is 2.32 bits per heavy atom. The van der Waals surface area contributed by atoms with Crippen LogP contribution in [0.5, 0.6) is 0 Å². The molecule has 0 atom stereocenters. The lowest BCUT2D eigenvalue weighted by molar-refractivity contribution is 0.183. The molecular formula is C13H16BrFN2O2. The number of aliphatic hydroxyl groups excluding tert-OH is 1. The summed E-state index contributed by atoms with van der Waals surface area (Å²) in [7, 11) is 0. The second kappa shape index (κ2) is 7.91. The van der Waals surface area contributed by atoms with Crippen molar-refractivity contribution in [3.63, 3.8) is 0 Å². The Morgan fingerprint density at radius 1 is 1.58 bits per heavy atom. The Bertz CT molecular complexity index is 454. The molecule has 0 spiro atoms. The average Bonchev–Trinajstić information content (AvgIpc) is 2.39. The molecule has 0 aromatic heterocycles. The molecule has 1 aromatic rings. The second-order valence-corrected chi connectivity index (χ2v) is 4.71. The first-order chi connectivity index (χ1) is 9.08. The lowest BCUT2D eigenvalue weighted by Gasteiger charge is -2.20. The number of hydrogen-bond donors (Lipinski definition) is 2. The van der Waals surface area contributed by atoms with Crippen LogP contribution in [-0.2, 0) is 6.54 Å². The number of halogens is 2. The number of carbonyl (C=O) groups excluding carboxylic acids is 1. The van der Waals surface area contributed by atoms with Gasteiger partial charge in [-0.2, -0.15) is 0 Å². The van der Waals surface area contributed by atoms with Crippen molar-refractivity contribution >= 4 is 22.0 Å². The quantitative estimate of drug-likeness (QED) is 0.786. The molecule has 0 radical (unpaired) electrons. The van der Waals surface area contributed by atoms with Gasteiger partial charge in [0.25, 0.3) is 0 Å². The summed E-state index contributed by atoms with van der Waals surface area (Å²) in [6.45, 7) is 4.20. The zero-order chi connectivity index (χ0) is 14.3. The SMILES string of the molecule is C=CCN(CCO)C(=O)NCc1cc(F)ccc1Br. The summed E-state index contributed by atoms with van der Waals surface area (Å²) in [5, 5.41) is 11.5. The predicted octanol–water partition coefficient (Wildman–Crippen LogP) is 2.28. The third-order valence-corrected chi connectivity index (χ3v) is 3.22. The van der Waals surface area contributed by atoms with Gasteiger partial charge in [0.1, 0.15) is 5.82 Å². The molecule has 0 bridgehead atoms. The maximum absolute atomic E-state index is 13.1. The highest BCUT2D eigenvalue weighted by atomic mass is 79.9. The second-order valence-electron chi connectivity index (χ2n) is 3.85. The number of carbonyl (C=O) groups is 1. The largest absolute Gasteiger partial charge is 0.395 e. The van der Waals surface area contributed by atoms with E-state index in [2.05, 4.69) is 27.8 Å². The van der Waals surface area contributed by atoms with Crippen LogP contribution in [0.4, 0.5) is 9.18 Å². The number of rotatable bonds is 6. The first kappa shape index (κ1) is 15.7. The van der Waals surface area contributed by atoms with Crippen molar-refractivity contribution in [2.75, 3.05) is 19.7 Å². The number of benzene rings is 1. The molecule has 0 aliphatic carbocycles. The van der Waals surface area contributed by atoms with E-state index in [0.717, 1.165) is 4.47 Å². The van der Waals surface area contributed by atoms with Gasteiger partial charge >= 0.3 is 6.03 Å². The molecule has 0 unspecified atom stereocenters. The van der Waals surface area contributed by atoms with Crippen molar-refractivity contribution in [1.82, 2.24) is 10.2 Å². The molecule has 0 aliphatic rings. The Morgan fingerprint density at radius 3 is 2.95 bits per heavy atom. The molecule has 1 aromatic carbocycles. The fourth-order valence-corrected chi connectivity index (χ4v) is 1.90. The molecule has 0 fully saturated rings. The zero-order valence-corrected chi connectivity index (χ0v) is 12.0. The Hall–Kier alpha value is -1.40. The van der Waals surface area contributed by atoms with Gasteiger partial charge in [0.15, 0.2) is 0 Å². The molecule has 104 valence electrons. The molecule has 6 heteroatoms.